The summed E-state index contributed by atoms with van der Waals surface area (Å²) in [6.45, 7) is 1.89. The van der Waals surface area contributed by atoms with Crippen molar-refractivity contribution in [1.82, 2.24) is 9.88 Å². The molecule has 0 aliphatic heterocycles. The number of nitrogens with zero attached hydrogens (tertiary/aromatic N) is 1. The van der Waals surface area contributed by atoms with Gasteiger partial charge >= 0.3 is 6.18 Å². The average molecular weight is 451 g/mol. The van der Waals surface area contributed by atoms with Gasteiger partial charge in [-0.05, 0) is 35.7 Å². The van der Waals surface area contributed by atoms with Gasteiger partial charge in [-0.2, -0.15) is 13.2 Å². The number of halogens is 3. The molecule has 0 fully saturated rings. The Bertz CT molecular complexity index is 1260. The second kappa shape index (κ2) is 9.14. The van der Waals surface area contributed by atoms with E-state index in [4.69, 9.17) is 0 Å². The predicted molar refractivity (Wildman–Crippen MR) is 124 cm³/mol. The van der Waals surface area contributed by atoms with E-state index in [1.165, 1.54) is 6.07 Å². The zero-order chi connectivity index (χ0) is 23.6. The Hall–Kier alpha value is -3.54. The highest BCUT2D eigenvalue weighted by Gasteiger charge is 2.32. The molecule has 0 radical (unpaired) electrons. The highest BCUT2D eigenvalue weighted by molar-refractivity contribution is 5.86. The van der Waals surface area contributed by atoms with E-state index in [1.807, 2.05) is 79.3 Å². The van der Waals surface area contributed by atoms with E-state index in [-0.39, 0.29) is 18.4 Å². The standard InChI is InChI=1S/C27H25F3N2O/c1-18(19-9-4-3-5-10-19)31-26(33)16-23(20-11-8-12-21(15-20)27(28,29)30)24-17-32(2)25-14-7-6-13-22(24)25/h3-15,17-18,23H,16H2,1-2H3,(H,31,33)/t18-,23+/m0/s1. The van der Waals surface area contributed by atoms with Gasteiger partial charge in [0.2, 0.25) is 5.91 Å². The summed E-state index contributed by atoms with van der Waals surface area (Å²) in [5, 5.41) is 3.92. The molecule has 1 heterocycles. The number of rotatable bonds is 6. The lowest BCUT2D eigenvalue weighted by Crippen LogP contribution is -2.28. The zero-order valence-electron chi connectivity index (χ0n) is 18.4. The SMILES string of the molecule is C[C@H](NC(=O)C[C@H](c1cccc(C(F)(F)F)c1)c1cn(C)c2ccccc12)c1ccccc1. The van der Waals surface area contributed by atoms with Crippen molar-refractivity contribution in [2.45, 2.75) is 31.5 Å². The molecular weight excluding hydrogens is 425 g/mol. The molecule has 0 saturated carbocycles. The molecule has 0 aliphatic rings. The molecule has 0 unspecified atom stereocenters. The largest absolute Gasteiger partial charge is 0.416 e. The van der Waals surface area contributed by atoms with E-state index in [0.717, 1.165) is 34.2 Å². The number of carbonyl (C=O) groups excluding carboxylic acids is 1. The first kappa shape index (κ1) is 22.6. The number of hydrogen-bond acceptors (Lipinski definition) is 1. The summed E-state index contributed by atoms with van der Waals surface area (Å²) in [6, 6.07) is 22.3. The van der Waals surface area contributed by atoms with Gasteiger partial charge in [-0.15, -0.1) is 0 Å². The molecule has 170 valence electrons. The highest BCUT2D eigenvalue weighted by atomic mass is 19.4. The minimum Gasteiger partial charge on any atom is -0.350 e. The monoisotopic (exact) mass is 450 g/mol. The first-order valence-corrected chi connectivity index (χ1v) is 10.8. The van der Waals surface area contributed by atoms with Crippen molar-refractivity contribution < 1.29 is 18.0 Å². The van der Waals surface area contributed by atoms with Gasteiger partial charge in [0.25, 0.3) is 0 Å². The molecular formula is C27H25F3N2O. The summed E-state index contributed by atoms with van der Waals surface area (Å²) in [4.78, 5) is 13.1. The third-order valence-corrected chi connectivity index (χ3v) is 5.99. The lowest BCUT2D eigenvalue weighted by molar-refractivity contribution is -0.137. The van der Waals surface area contributed by atoms with Crippen molar-refractivity contribution in [1.29, 1.82) is 0 Å². The molecule has 2 atom stereocenters. The van der Waals surface area contributed by atoms with Crippen LogP contribution in [0.5, 0.6) is 0 Å². The van der Waals surface area contributed by atoms with Crippen molar-refractivity contribution in [3.05, 3.63) is 107 Å². The Balaban J connectivity index is 1.71. The van der Waals surface area contributed by atoms with Crippen LogP contribution in [0.25, 0.3) is 10.9 Å². The summed E-state index contributed by atoms with van der Waals surface area (Å²) in [7, 11) is 1.90. The Morgan fingerprint density at radius 1 is 0.939 bits per heavy atom. The van der Waals surface area contributed by atoms with Gasteiger partial charge in [0.1, 0.15) is 0 Å². The maximum Gasteiger partial charge on any atom is 0.416 e. The maximum absolute atomic E-state index is 13.4. The normalized spacial score (nSPS) is 13.6. The van der Waals surface area contributed by atoms with E-state index >= 15 is 0 Å². The van der Waals surface area contributed by atoms with E-state index in [0.29, 0.717) is 5.56 Å². The van der Waals surface area contributed by atoms with Crippen molar-refractivity contribution in [2.24, 2.45) is 7.05 Å². The highest BCUT2D eigenvalue weighted by Crippen LogP contribution is 2.37. The number of nitrogens with one attached hydrogen (secondary N) is 1. The molecule has 0 spiro atoms. The van der Waals surface area contributed by atoms with Gasteiger partial charge in [-0.3, -0.25) is 4.79 Å². The molecule has 0 bridgehead atoms. The molecule has 1 N–H and O–H groups in total. The van der Waals surface area contributed by atoms with Crippen LogP contribution in [0.3, 0.4) is 0 Å². The Morgan fingerprint density at radius 3 is 2.33 bits per heavy atom. The quantitative estimate of drug-likeness (QED) is 0.353. The van der Waals surface area contributed by atoms with Crippen LogP contribution in [0.1, 0.15) is 47.6 Å². The molecule has 3 nitrogen and oxygen atoms in total. The number of aromatic nitrogens is 1. The lowest BCUT2D eigenvalue weighted by Gasteiger charge is -2.21. The van der Waals surface area contributed by atoms with Crippen LogP contribution in [-0.4, -0.2) is 10.5 Å². The number of benzene rings is 3. The van der Waals surface area contributed by atoms with Gasteiger partial charge in [0, 0.05) is 36.5 Å². The molecule has 0 aliphatic carbocycles. The number of alkyl halides is 3. The minimum absolute atomic E-state index is 0.0342. The number of aryl methyl sites for hydroxylation is 1. The second-order valence-electron chi connectivity index (χ2n) is 8.29. The Labute approximate surface area is 190 Å². The van der Waals surface area contributed by atoms with Crippen molar-refractivity contribution in [3.63, 3.8) is 0 Å². The third-order valence-electron chi connectivity index (χ3n) is 5.99. The van der Waals surface area contributed by atoms with Crippen LogP contribution in [0.2, 0.25) is 0 Å². The molecule has 3 aromatic carbocycles. The smallest absolute Gasteiger partial charge is 0.350 e. The molecule has 0 saturated heterocycles. The Morgan fingerprint density at radius 2 is 1.61 bits per heavy atom. The first-order chi connectivity index (χ1) is 15.7. The van der Waals surface area contributed by atoms with Gasteiger partial charge in [0.05, 0.1) is 11.6 Å². The molecule has 1 aromatic heterocycles. The number of hydrogen-bond donors (Lipinski definition) is 1. The fraction of sp³-hybridized carbons (Fsp3) is 0.222. The van der Waals surface area contributed by atoms with Gasteiger partial charge in [0.15, 0.2) is 0 Å². The van der Waals surface area contributed by atoms with E-state index < -0.39 is 17.7 Å². The summed E-state index contributed by atoms with van der Waals surface area (Å²) < 4.78 is 42.2. The van der Waals surface area contributed by atoms with Crippen LogP contribution < -0.4 is 5.32 Å². The topological polar surface area (TPSA) is 34.0 Å². The molecule has 4 rings (SSSR count). The van der Waals surface area contributed by atoms with Crippen LogP contribution in [0.4, 0.5) is 13.2 Å². The maximum atomic E-state index is 13.4. The molecule has 4 aromatic rings. The summed E-state index contributed by atoms with van der Waals surface area (Å²) in [5.74, 6) is -0.747. The number of para-hydroxylation sites is 1. The minimum atomic E-state index is -4.45. The summed E-state index contributed by atoms with van der Waals surface area (Å²) in [5.41, 5.74) is 2.50. The first-order valence-electron chi connectivity index (χ1n) is 10.8. The number of fused-ring (bicyclic) bond motifs is 1. The zero-order valence-corrected chi connectivity index (χ0v) is 18.4. The number of carbonyl (C=O) groups is 1. The van der Waals surface area contributed by atoms with Crippen molar-refractivity contribution in [2.75, 3.05) is 0 Å². The number of amides is 1. The van der Waals surface area contributed by atoms with Crippen LogP contribution in [0, 0.1) is 0 Å². The van der Waals surface area contributed by atoms with E-state index in [1.54, 1.807) is 6.07 Å². The van der Waals surface area contributed by atoms with Gasteiger partial charge in [-0.1, -0.05) is 66.7 Å². The van der Waals surface area contributed by atoms with Crippen molar-refractivity contribution in [3.8, 4) is 0 Å². The summed E-state index contributed by atoms with van der Waals surface area (Å²) >= 11 is 0. The predicted octanol–water partition coefficient (Wildman–Crippen LogP) is 6.60. The van der Waals surface area contributed by atoms with Crippen LogP contribution in [0.15, 0.2) is 85.1 Å². The second-order valence-corrected chi connectivity index (χ2v) is 8.29. The molecule has 1 amide bonds. The van der Waals surface area contributed by atoms with E-state index in [2.05, 4.69) is 5.32 Å². The third kappa shape index (κ3) is 4.95. The average Bonchev–Trinajstić information content (AvgIpc) is 3.14. The lowest BCUT2D eigenvalue weighted by atomic mass is 9.87. The van der Waals surface area contributed by atoms with Gasteiger partial charge < -0.3 is 9.88 Å². The van der Waals surface area contributed by atoms with E-state index in [9.17, 15) is 18.0 Å². The van der Waals surface area contributed by atoms with Crippen LogP contribution in [-0.2, 0) is 18.0 Å². The van der Waals surface area contributed by atoms with Gasteiger partial charge in [-0.25, -0.2) is 0 Å². The van der Waals surface area contributed by atoms with Crippen LogP contribution >= 0.6 is 0 Å². The summed E-state index contributed by atoms with van der Waals surface area (Å²) in [6.07, 6.45) is -2.51. The fourth-order valence-corrected chi connectivity index (χ4v) is 4.30. The Kier molecular flexibility index (Phi) is 6.27. The molecule has 6 heteroatoms. The molecule has 33 heavy (non-hydrogen) atoms. The van der Waals surface area contributed by atoms with Crippen molar-refractivity contribution >= 4 is 16.8 Å². The fourth-order valence-electron chi connectivity index (χ4n) is 4.30.